The van der Waals surface area contributed by atoms with E-state index in [9.17, 15) is 13.6 Å². The van der Waals surface area contributed by atoms with Gasteiger partial charge in [0, 0.05) is 11.4 Å². The first-order valence-corrected chi connectivity index (χ1v) is 5.60. The third-order valence-corrected chi connectivity index (χ3v) is 2.60. The van der Waals surface area contributed by atoms with E-state index in [1.807, 2.05) is 0 Å². The normalized spacial score (nSPS) is 10.3. The Bertz CT molecular complexity index is 641. The first kappa shape index (κ1) is 13.0. The molecular weight excluding hydrogens is 250 g/mol. The van der Waals surface area contributed by atoms with E-state index in [0.29, 0.717) is 5.69 Å². The van der Waals surface area contributed by atoms with E-state index < -0.39 is 17.5 Å². The molecule has 0 radical (unpaired) electrons. The lowest BCUT2D eigenvalue weighted by Crippen LogP contribution is -2.15. The van der Waals surface area contributed by atoms with Gasteiger partial charge in [-0.1, -0.05) is 6.07 Å². The van der Waals surface area contributed by atoms with Crippen LogP contribution in [0.1, 0.15) is 15.9 Å². The fourth-order valence-electron chi connectivity index (χ4n) is 1.73. The van der Waals surface area contributed by atoms with Crippen LogP contribution in [-0.4, -0.2) is 5.91 Å². The van der Waals surface area contributed by atoms with Crippen molar-refractivity contribution in [2.24, 2.45) is 0 Å². The average molecular weight is 262 g/mol. The predicted molar refractivity (Wildman–Crippen MR) is 69.9 cm³/mol. The Morgan fingerprint density at radius 2 is 1.95 bits per heavy atom. The number of nitrogen functional groups attached to an aromatic ring is 1. The standard InChI is InChI=1S/C14H12F2N2O/c1-8-5-10(17)7-12(13(8)16)14(19)18-11-4-2-3-9(15)6-11/h2-7H,17H2,1H3,(H,18,19). The van der Waals surface area contributed by atoms with Crippen molar-refractivity contribution >= 4 is 17.3 Å². The third-order valence-electron chi connectivity index (χ3n) is 2.60. The van der Waals surface area contributed by atoms with Crippen molar-refractivity contribution in [1.82, 2.24) is 0 Å². The Kier molecular flexibility index (Phi) is 3.46. The number of benzene rings is 2. The van der Waals surface area contributed by atoms with Crippen LogP contribution < -0.4 is 11.1 Å². The van der Waals surface area contributed by atoms with Gasteiger partial charge in [0.2, 0.25) is 0 Å². The zero-order valence-electron chi connectivity index (χ0n) is 10.2. The zero-order valence-corrected chi connectivity index (χ0v) is 10.2. The van der Waals surface area contributed by atoms with Crippen LogP contribution in [-0.2, 0) is 0 Å². The Balaban J connectivity index is 2.30. The number of hydrogen-bond acceptors (Lipinski definition) is 2. The Morgan fingerprint density at radius 3 is 2.63 bits per heavy atom. The molecule has 2 aromatic carbocycles. The van der Waals surface area contributed by atoms with Crippen LogP contribution >= 0.6 is 0 Å². The molecule has 19 heavy (non-hydrogen) atoms. The highest BCUT2D eigenvalue weighted by Crippen LogP contribution is 2.19. The second-order valence-electron chi connectivity index (χ2n) is 4.16. The number of carbonyl (C=O) groups excluding carboxylic acids is 1. The number of nitrogens with two attached hydrogens (primary N) is 1. The van der Waals surface area contributed by atoms with Gasteiger partial charge in [-0.3, -0.25) is 4.79 Å². The third kappa shape index (κ3) is 2.88. The zero-order chi connectivity index (χ0) is 14.0. The van der Waals surface area contributed by atoms with Crippen molar-refractivity contribution in [1.29, 1.82) is 0 Å². The molecule has 5 heteroatoms. The SMILES string of the molecule is Cc1cc(N)cc(C(=O)Nc2cccc(F)c2)c1F. The number of anilines is 2. The van der Waals surface area contributed by atoms with Crippen molar-refractivity contribution in [3.05, 3.63) is 59.2 Å². The minimum atomic E-state index is -0.668. The highest BCUT2D eigenvalue weighted by atomic mass is 19.1. The van der Waals surface area contributed by atoms with Gasteiger partial charge in [0.05, 0.1) is 5.56 Å². The van der Waals surface area contributed by atoms with E-state index in [1.165, 1.54) is 37.3 Å². The summed E-state index contributed by atoms with van der Waals surface area (Å²) in [5, 5.41) is 2.42. The molecule has 0 fully saturated rings. The number of aryl methyl sites for hydroxylation is 1. The second-order valence-corrected chi connectivity index (χ2v) is 4.16. The summed E-state index contributed by atoms with van der Waals surface area (Å²) in [4.78, 5) is 11.9. The molecule has 0 saturated heterocycles. The molecule has 0 bridgehead atoms. The number of halogens is 2. The predicted octanol–water partition coefficient (Wildman–Crippen LogP) is 3.11. The van der Waals surface area contributed by atoms with Gasteiger partial charge >= 0.3 is 0 Å². The Hall–Kier alpha value is -2.43. The van der Waals surface area contributed by atoms with Gasteiger partial charge in [0.15, 0.2) is 0 Å². The maximum atomic E-state index is 13.8. The van der Waals surface area contributed by atoms with E-state index >= 15 is 0 Å². The van der Waals surface area contributed by atoms with Crippen LogP contribution in [0.2, 0.25) is 0 Å². The number of amides is 1. The maximum Gasteiger partial charge on any atom is 0.258 e. The molecule has 0 unspecified atom stereocenters. The average Bonchev–Trinajstić information content (AvgIpc) is 2.33. The quantitative estimate of drug-likeness (QED) is 0.817. The molecule has 1 amide bonds. The van der Waals surface area contributed by atoms with E-state index in [1.54, 1.807) is 0 Å². The summed E-state index contributed by atoms with van der Waals surface area (Å²) in [6, 6.07) is 8.05. The molecule has 98 valence electrons. The number of hydrogen-bond donors (Lipinski definition) is 2. The van der Waals surface area contributed by atoms with E-state index in [0.717, 1.165) is 6.07 Å². The Labute approximate surface area is 109 Å². The first-order valence-electron chi connectivity index (χ1n) is 5.60. The van der Waals surface area contributed by atoms with Crippen molar-refractivity contribution in [2.45, 2.75) is 6.92 Å². The lowest BCUT2D eigenvalue weighted by Gasteiger charge is -2.08. The van der Waals surface area contributed by atoms with Crippen LogP contribution in [0.3, 0.4) is 0 Å². The number of carbonyl (C=O) groups is 1. The summed E-state index contributed by atoms with van der Waals surface area (Å²) < 4.78 is 26.8. The summed E-state index contributed by atoms with van der Waals surface area (Å²) in [6.07, 6.45) is 0. The summed E-state index contributed by atoms with van der Waals surface area (Å²) >= 11 is 0. The molecule has 0 heterocycles. The van der Waals surface area contributed by atoms with Crippen LogP contribution in [0, 0.1) is 18.6 Å². The lowest BCUT2D eigenvalue weighted by atomic mass is 10.1. The number of rotatable bonds is 2. The Morgan fingerprint density at radius 1 is 1.21 bits per heavy atom. The van der Waals surface area contributed by atoms with Gasteiger partial charge in [0.25, 0.3) is 5.91 Å². The largest absolute Gasteiger partial charge is 0.399 e. The van der Waals surface area contributed by atoms with Gasteiger partial charge < -0.3 is 11.1 Å². The van der Waals surface area contributed by atoms with Gasteiger partial charge in [-0.05, 0) is 42.8 Å². The van der Waals surface area contributed by atoms with Crippen molar-refractivity contribution in [2.75, 3.05) is 11.1 Å². The molecule has 0 aromatic heterocycles. The van der Waals surface area contributed by atoms with Gasteiger partial charge in [-0.15, -0.1) is 0 Å². The molecule has 3 N–H and O–H groups in total. The maximum absolute atomic E-state index is 13.8. The molecule has 0 saturated carbocycles. The highest BCUT2D eigenvalue weighted by Gasteiger charge is 2.15. The van der Waals surface area contributed by atoms with Crippen molar-refractivity contribution in [3.63, 3.8) is 0 Å². The van der Waals surface area contributed by atoms with Crippen molar-refractivity contribution in [3.8, 4) is 0 Å². The molecule has 2 aromatic rings. The smallest absolute Gasteiger partial charge is 0.258 e. The van der Waals surface area contributed by atoms with Crippen LogP contribution in [0.15, 0.2) is 36.4 Å². The molecule has 0 spiro atoms. The first-order chi connectivity index (χ1) is 8.97. The minimum absolute atomic E-state index is 0.165. The molecular formula is C14H12F2N2O. The number of nitrogens with one attached hydrogen (secondary N) is 1. The molecule has 0 aliphatic heterocycles. The molecule has 2 rings (SSSR count). The topological polar surface area (TPSA) is 55.1 Å². The fourth-order valence-corrected chi connectivity index (χ4v) is 1.73. The second kappa shape index (κ2) is 5.06. The van der Waals surface area contributed by atoms with Gasteiger partial charge in [0.1, 0.15) is 11.6 Å². The van der Waals surface area contributed by atoms with Crippen LogP contribution in [0.25, 0.3) is 0 Å². The van der Waals surface area contributed by atoms with Crippen molar-refractivity contribution < 1.29 is 13.6 Å². The summed E-state index contributed by atoms with van der Waals surface area (Å²) in [6.45, 7) is 1.52. The van der Waals surface area contributed by atoms with Crippen LogP contribution in [0.5, 0.6) is 0 Å². The molecule has 0 atom stereocenters. The summed E-state index contributed by atoms with van der Waals surface area (Å²) in [5.74, 6) is -1.79. The monoisotopic (exact) mass is 262 g/mol. The van der Waals surface area contributed by atoms with Crippen LogP contribution in [0.4, 0.5) is 20.2 Å². The summed E-state index contributed by atoms with van der Waals surface area (Å²) in [7, 11) is 0. The minimum Gasteiger partial charge on any atom is -0.399 e. The lowest BCUT2D eigenvalue weighted by molar-refractivity contribution is 0.102. The van der Waals surface area contributed by atoms with E-state index in [2.05, 4.69) is 5.32 Å². The fraction of sp³-hybridized carbons (Fsp3) is 0.0714. The van der Waals surface area contributed by atoms with E-state index in [4.69, 9.17) is 5.73 Å². The van der Waals surface area contributed by atoms with Gasteiger partial charge in [-0.25, -0.2) is 8.78 Å². The van der Waals surface area contributed by atoms with E-state index in [-0.39, 0.29) is 16.8 Å². The molecule has 0 aliphatic carbocycles. The highest BCUT2D eigenvalue weighted by molar-refractivity contribution is 6.05. The van der Waals surface area contributed by atoms with Gasteiger partial charge in [-0.2, -0.15) is 0 Å². The summed E-state index contributed by atoms with van der Waals surface area (Å²) in [5.41, 5.74) is 6.24. The molecule has 0 aliphatic rings. The molecule has 3 nitrogen and oxygen atoms in total.